The molecule has 0 aliphatic heterocycles. The van der Waals surface area contributed by atoms with E-state index in [1.54, 1.807) is 11.7 Å². The van der Waals surface area contributed by atoms with E-state index in [1.165, 1.54) is 0 Å². The minimum Gasteiger partial charge on any atom is -0.394 e. The van der Waals surface area contributed by atoms with Crippen LogP contribution in [0.4, 0.5) is 24.7 Å². The van der Waals surface area contributed by atoms with E-state index in [4.69, 9.17) is 5.73 Å². The number of hydrogen-bond acceptors (Lipinski definition) is 3. The van der Waals surface area contributed by atoms with Gasteiger partial charge in [0.25, 0.3) is 0 Å². The predicted octanol–water partition coefficient (Wildman–Crippen LogP) is 2.88. The molecule has 4 nitrogen and oxygen atoms in total. The largest absolute Gasteiger partial charge is 0.394 e. The van der Waals surface area contributed by atoms with Crippen LogP contribution in [-0.4, -0.2) is 22.5 Å². The number of rotatable bonds is 5. The number of aryl methyl sites for hydroxylation is 1. The number of alkyl halides is 3. The molecule has 0 aliphatic rings. The molecule has 0 atom stereocenters. The second kappa shape index (κ2) is 5.49. The van der Waals surface area contributed by atoms with Crippen LogP contribution in [0, 0.1) is 0 Å². The van der Waals surface area contributed by atoms with Crippen LogP contribution in [0.5, 0.6) is 0 Å². The van der Waals surface area contributed by atoms with Crippen LogP contribution in [0.1, 0.15) is 38.3 Å². The van der Waals surface area contributed by atoms with Crippen LogP contribution < -0.4 is 11.1 Å². The Kier molecular flexibility index (Phi) is 4.48. The van der Waals surface area contributed by atoms with Crippen molar-refractivity contribution in [2.24, 2.45) is 7.05 Å². The Morgan fingerprint density at radius 2 is 2.00 bits per heavy atom. The van der Waals surface area contributed by atoms with E-state index in [0.29, 0.717) is 11.5 Å². The zero-order chi connectivity index (χ0) is 13.9. The molecule has 0 saturated carbocycles. The van der Waals surface area contributed by atoms with E-state index in [-0.39, 0.29) is 18.9 Å². The number of aromatic nitrogens is 2. The van der Waals surface area contributed by atoms with Crippen molar-refractivity contribution in [3.8, 4) is 0 Å². The fourth-order valence-corrected chi connectivity index (χ4v) is 1.69. The first-order valence-electron chi connectivity index (χ1n) is 5.85. The fourth-order valence-electron chi connectivity index (χ4n) is 1.69. The first-order valence-corrected chi connectivity index (χ1v) is 5.85. The molecule has 104 valence electrons. The van der Waals surface area contributed by atoms with Gasteiger partial charge in [-0.3, -0.25) is 4.68 Å². The maximum absolute atomic E-state index is 12.0. The number of nitrogens with two attached hydrogens (primary N) is 1. The molecule has 0 aromatic carbocycles. The topological polar surface area (TPSA) is 55.9 Å². The van der Waals surface area contributed by atoms with Crippen LogP contribution in [0.25, 0.3) is 0 Å². The number of nitrogen functional groups attached to an aromatic ring is 1. The number of hydrogen-bond donors (Lipinski definition) is 2. The summed E-state index contributed by atoms with van der Waals surface area (Å²) in [7, 11) is 1.72. The second-order valence-corrected chi connectivity index (χ2v) is 4.57. The molecule has 0 fully saturated rings. The Balaban J connectivity index is 2.58. The van der Waals surface area contributed by atoms with Gasteiger partial charge in [0.15, 0.2) is 0 Å². The van der Waals surface area contributed by atoms with Gasteiger partial charge in [-0.2, -0.15) is 18.3 Å². The molecule has 0 bridgehead atoms. The van der Waals surface area contributed by atoms with Gasteiger partial charge in [0.05, 0.1) is 11.4 Å². The monoisotopic (exact) mass is 264 g/mol. The van der Waals surface area contributed by atoms with Crippen LogP contribution in [0.2, 0.25) is 0 Å². The lowest BCUT2D eigenvalue weighted by Gasteiger charge is -2.09. The summed E-state index contributed by atoms with van der Waals surface area (Å²) in [6.07, 6.45) is -4.89. The number of nitrogens with zero attached hydrogens (tertiary/aromatic N) is 2. The summed E-state index contributed by atoms with van der Waals surface area (Å²) in [5, 5.41) is 7.15. The SMILES string of the molecule is CC(C)c1nn(C)c(NCCCC(F)(F)F)c1N. The van der Waals surface area contributed by atoms with E-state index in [0.717, 1.165) is 5.69 Å². The van der Waals surface area contributed by atoms with E-state index in [9.17, 15) is 13.2 Å². The smallest absolute Gasteiger partial charge is 0.389 e. The van der Waals surface area contributed by atoms with Gasteiger partial charge in [-0.05, 0) is 12.3 Å². The first kappa shape index (κ1) is 14.7. The molecule has 1 aromatic heterocycles. The summed E-state index contributed by atoms with van der Waals surface area (Å²) < 4.78 is 37.5. The predicted molar refractivity (Wildman–Crippen MR) is 65.5 cm³/mol. The van der Waals surface area contributed by atoms with Crippen molar-refractivity contribution in [3.63, 3.8) is 0 Å². The summed E-state index contributed by atoms with van der Waals surface area (Å²) >= 11 is 0. The van der Waals surface area contributed by atoms with Crippen LogP contribution in [0.15, 0.2) is 0 Å². The summed E-state index contributed by atoms with van der Waals surface area (Å²) in [4.78, 5) is 0. The zero-order valence-electron chi connectivity index (χ0n) is 10.8. The summed E-state index contributed by atoms with van der Waals surface area (Å²) in [6, 6.07) is 0. The minimum atomic E-state index is -4.11. The van der Waals surface area contributed by atoms with Gasteiger partial charge in [-0.1, -0.05) is 13.8 Å². The highest BCUT2D eigenvalue weighted by Gasteiger charge is 2.26. The highest BCUT2D eigenvalue weighted by molar-refractivity contribution is 5.65. The summed E-state index contributed by atoms with van der Waals surface area (Å²) in [5.74, 6) is 0.766. The number of halogens is 3. The Hall–Kier alpha value is -1.40. The molecule has 18 heavy (non-hydrogen) atoms. The summed E-state index contributed by atoms with van der Waals surface area (Å²) in [5.41, 5.74) is 7.18. The van der Waals surface area contributed by atoms with Crippen molar-refractivity contribution >= 4 is 11.5 Å². The second-order valence-electron chi connectivity index (χ2n) is 4.57. The normalized spacial score (nSPS) is 12.2. The average molecular weight is 264 g/mol. The molecule has 0 unspecified atom stereocenters. The van der Waals surface area contributed by atoms with Crippen molar-refractivity contribution in [1.29, 1.82) is 0 Å². The lowest BCUT2D eigenvalue weighted by molar-refractivity contribution is -0.134. The molecule has 3 N–H and O–H groups in total. The third-order valence-corrected chi connectivity index (χ3v) is 2.59. The maximum atomic E-state index is 12.0. The van der Waals surface area contributed by atoms with Crippen LogP contribution >= 0.6 is 0 Å². The standard InChI is InChI=1S/C11H19F3N4/c1-7(2)9-8(15)10(18(3)17-9)16-6-4-5-11(12,13)14/h7,16H,4-6,15H2,1-3H3. The van der Waals surface area contributed by atoms with E-state index in [2.05, 4.69) is 10.4 Å². The quantitative estimate of drug-likeness (QED) is 0.804. The molecule has 0 saturated heterocycles. The highest BCUT2D eigenvalue weighted by Crippen LogP contribution is 2.28. The molecule has 1 aromatic rings. The molecule has 0 amide bonds. The molecule has 0 radical (unpaired) electrons. The van der Waals surface area contributed by atoms with Crippen molar-refractivity contribution in [2.75, 3.05) is 17.6 Å². The molecule has 1 rings (SSSR count). The van der Waals surface area contributed by atoms with Gasteiger partial charge in [0, 0.05) is 20.0 Å². The van der Waals surface area contributed by atoms with Crippen molar-refractivity contribution in [3.05, 3.63) is 5.69 Å². The van der Waals surface area contributed by atoms with Crippen molar-refractivity contribution in [2.45, 2.75) is 38.8 Å². The Bertz CT molecular complexity index is 396. The third kappa shape index (κ3) is 3.82. The third-order valence-electron chi connectivity index (χ3n) is 2.59. The van der Waals surface area contributed by atoms with Crippen molar-refractivity contribution < 1.29 is 13.2 Å². The zero-order valence-corrected chi connectivity index (χ0v) is 10.8. The highest BCUT2D eigenvalue weighted by atomic mass is 19.4. The van der Waals surface area contributed by atoms with Gasteiger partial charge < -0.3 is 11.1 Å². The molecule has 7 heteroatoms. The van der Waals surface area contributed by atoms with E-state index in [1.807, 2.05) is 13.8 Å². The van der Waals surface area contributed by atoms with Gasteiger partial charge in [-0.15, -0.1) is 0 Å². The molecular weight excluding hydrogens is 245 g/mol. The average Bonchev–Trinajstić information content (AvgIpc) is 2.49. The Labute approximate surface area is 104 Å². The Morgan fingerprint density at radius 3 is 2.44 bits per heavy atom. The molecular formula is C11H19F3N4. The van der Waals surface area contributed by atoms with Gasteiger partial charge >= 0.3 is 6.18 Å². The molecule has 0 aliphatic carbocycles. The van der Waals surface area contributed by atoms with Crippen LogP contribution in [-0.2, 0) is 7.05 Å². The maximum Gasteiger partial charge on any atom is 0.389 e. The lowest BCUT2D eigenvalue weighted by Crippen LogP contribution is -2.13. The fraction of sp³-hybridized carbons (Fsp3) is 0.727. The van der Waals surface area contributed by atoms with Gasteiger partial charge in [-0.25, -0.2) is 0 Å². The first-order chi connectivity index (χ1) is 8.22. The van der Waals surface area contributed by atoms with Gasteiger partial charge in [0.1, 0.15) is 5.82 Å². The minimum absolute atomic E-state index is 0.0190. The van der Waals surface area contributed by atoms with Crippen LogP contribution in [0.3, 0.4) is 0 Å². The summed E-state index contributed by atoms with van der Waals surface area (Å²) in [6.45, 7) is 4.15. The van der Waals surface area contributed by atoms with Crippen molar-refractivity contribution in [1.82, 2.24) is 9.78 Å². The lowest BCUT2D eigenvalue weighted by atomic mass is 10.1. The molecule has 0 spiro atoms. The van der Waals surface area contributed by atoms with E-state index < -0.39 is 12.6 Å². The number of nitrogens with one attached hydrogen (secondary N) is 1. The molecule has 1 heterocycles. The number of anilines is 2. The van der Waals surface area contributed by atoms with Gasteiger partial charge in [0.2, 0.25) is 0 Å². The van der Waals surface area contributed by atoms with E-state index >= 15 is 0 Å². The Morgan fingerprint density at radius 1 is 1.39 bits per heavy atom.